The monoisotopic (exact) mass is 156 g/mol. The van der Waals surface area contributed by atoms with Gasteiger partial charge in [0.15, 0.2) is 0 Å². The van der Waals surface area contributed by atoms with Crippen LogP contribution in [0.2, 0.25) is 0 Å². The van der Waals surface area contributed by atoms with Gasteiger partial charge in [0, 0.05) is 0 Å². The summed E-state index contributed by atoms with van der Waals surface area (Å²) in [7, 11) is 0. The van der Waals surface area contributed by atoms with Crippen LogP contribution in [0.4, 0.5) is 0 Å². The first-order valence-electron chi connectivity index (χ1n) is 3.83. The van der Waals surface area contributed by atoms with Crippen molar-refractivity contribution in [3.63, 3.8) is 0 Å². The fourth-order valence-corrected chi connectivity index (χ4v) is 0.800. The van der Waals surface area contributed by atoms with Gasteiger partial charge >= 0.3 is 0 Å². The Hall–Kier alpha value is -0.760. The zero-order chi connectivity index (χ0) is 8.69. The third-order valence-corrected chi connectivity index (χ3v) is 1.34. The molecule has 1 unspecified atom stereocenters. The first kappa shape index (κ1) is 10.2. The van der Waals surface area contributed by atoms with E-state index in [2.05, 4.69) is 6.58 Å². The number of hydrogen-bond donors (Lipinski definition) is 1. The molecule has 0 amide bonds. The Balaban J connectivity index is 3.82. The molecule has 0 saturated carbocycles. The summed E-state index contributed by atoms with van der Waals surface area (Å²) in [5.41, 5.74) is 1.10. The average molecular weight is 156 g/mol. The smallest absolute Gasteiger partial charge is 0.0893 e. The molecule has 64 valence electrons. The van der Waals surface area contributed by atoms with E-state index in [1.54, 1.807) is 13.2 Å². The van der Waals surface area contributed by atoms with Crippen molar-refractivity contribution in [2.24, 2.45) is 0 Å². The molecule has 0 aliphatic heterocycles. The van der Waals surface area contributed by atoms with Crippen molar-refractivity contribution in [3.05, 3.63) is 24.7 Å². The van der Waals surface area contributed by atoms with Gasteiger partial charge in [0.05, 0.1) is 18.6 Å². The highest BCUT2D eigenvalue weighted by molar-refractivity contribution is 4.98. The SMILES string of the molecule is C=COC=C(CC)CC(C)O. The Morgan fingerprint density at radius 1 is 1.73 bits per heavy atom. The van der Waals surface area contributed by atoms with E-state index >= 15 is 0 Å². The Kier molecular flexibility index (Phi) is 5.57. The van der Waals surface area contributed by atoms with Crippen molar-refractivity contribution in [2.75, 3.05) is 0 Å². The van der Waals surface area contributed by atoms with E-state index in [0.717, 1.165) is 12.0 Å². The van der Waals surface area contributed by atoms with Crippen molar-refractivity contribution in [3.8, 4) is 0 Å². The van der Waals surface area contributed by atoms with Crippen LogP contribution in [0.5, 0.6) is 0 Å². The van der Waals surface area contributed by atoms with E-state index in [0.29, 0.717) is 6.42 Å². The number of rotatable bonds is 5. The van der Waals surface area contributed by atoms with Crippen molar-refractivity contribution in [1.29, 1.82) is 0 Å². The number of ether oxygens (including phenoxy) is 1. The summed E-state index contributed by atoms with van der Waals surface area (Å²) in [5, 5.41) is 9.03. The maximum absolute atomic E-state index is 9.03. The molecular formula is C9H16O2. The lowest BCUT2D eigenvalue weighted by atomic mass is 10.1. The molecule has 0 aliphatic carbocycles. The fourth-order valence-electron chi connectivity index (χ4n) is 0.800. The lowest BCUT2D eigenvalue weighted by Crippen LogP contribution is -2.00. The molecule has 0 radical (unpaired) electrons. The minimum absolute atomic E-state index is 0.297. The first-order chi connectivity index (χ1) is 5.20. The molecule has 0 spiro atoms. The highest BCUT2D eigenvalue weighted by Gasteiger charge is 1.99. The fraction of sp³-hybridized carbons (Fsp3) is 0.556. The molecule has 0 aromatic heterocycles. The molecule has 0 aromatic carbocycles. The predicted molar refractivity (Wildman–Crippen MR) is 46.0 cm³/mol. The normalized spacial score (nSPS) is 14.3. The summed E-state index contributed by atoms with van der Waals surface area (Å²) in [5.74, 6) is 0. The van der Waals surface area contributed by atoms with Crippen LogP contribution in [-0.2, 0) is 4.74 Å². The van der Waals surface area contributed by atoms with Crippen LogP contribution in [-0.4, -0.2) is 11.2 Å². The number of aliphatic hydroxyl groups is 1. The van der Waals surface area contributed by atoms with Crippen molar-refractivity contribution in [2.45, 2.75) is 32.8 Å². The second kappa shape index (κ2) is 5.98. The third-order valence-electron chi connectivity index (χ3n) is 1.34. The molecular weight excluding hydrogens is 140 g/mol. The Morgan fingerprint density at radius 2 is 2.36 bits per heavy atom. The van der Waals surface area contributed by atoms with Crippen LogP contribution in [0, 0.1) is 0 Å². The van der Waals surface area contributed by atoms with E-state index in [9.17, 15) is 0 Å². The molecule has 0 rings (SSSR count). The number of aliphatic hydroxyl groups excluding tert-OH is 1. The summed E-state index contributed by atoms with van der Waals surface area (Å²) in [6.07, 6.45) is 4.29. The molecule has 0 aliphatic rings. The zero-order valence-electron chi connectivity index (χ0n) is 7.21. The summed E-state index contributed by atoms with van der Waals surface area (Å²) in [4.78, 5) is 0. The molecule has 2 heteroatoms. The van der Waals surface area contributed by atoms with Crippen LogP contribution in [0.15, 0.2) is 24.7 Å². The first-order valence-corrected chi connectivity index (χ1v) is 3.83. The van der Waals surface area contributed by atoms with Crippen molar-refractivity contribution < 1.29 is 9.84 Å². The van der Waals surface area contributed by atoms with Crippen molar-refractivity contribution in [1.82, 2.24) is 0 Å². The van der Waals surface area contributed by atoms with Gasteiger partial charge in [-0.15, -0.1) is 0 Å². The van der Waals surface area contributed by atoms with Gasteiger partial charge in [0.2, 0.25) is 0 Å². The Labute approximate surface area is 68.2 Å². The van der Waals surface area contributed by atoms with Gasteiger partial charge in [-0.3, -0.25) is 0 Å². The quantitative estimate of drug-likeness (QED) is 0.618. The molecule has 0 aromatic rings. The highest BCUT2D eigenvalue weighted by atomic mass is 16.5. The van der Waals surface area contributed by atoms with E-state index in [4.69, 9.17) is 9.84 Å². The zero-order valence-corrected chi connectivity index (χ0v) is 7.21. The van der Waals surface area contributed by atoms with Crippen LogP contribution < -0.4 is 0 Å². The second-order valence-corrected chi connectivity index (χ2v) is 2.49. The van der Waals surface area contributed by atoms with Gasteiger partial charge in [-0.1, -0.05) is 13.5 Å². The molecule has 11 heavy (non-hydrogen) atoms. The maximum atomic E-state index is 9.03. The topological polar surface area (TPSA) is 29.5 Å². The summed E-state index contributed by atoms with van der Waals surface area (Å²) < 4.78 is 4.88. The lowest BCUT2D eigenvalue weighted by Gasteiger charge is -2.05. The minimum atomic E-state index is -0.297. The van der Waals surface area contributed by atoms with Crippen LogP contribution >= 0.6 is 0 Å². The summed E-state index contributed by atoms with van der Waals surface area (Å²) in [6, 6.07) is 0. The Bertz CT molecular complexity index is 136. The third kappa shape index (κ3) is 5.67. The van der Waals surface area contributed by atoms with Gasteiger partial charge in [0.25, 0.3) is 0 Å². The number of hydrogen-bond acceptors (Lipinski definition) is 2. The standard InChI is InChI=1S/C9H16O2/c1-4-9(6-8(3)10)7-11-5-2/h5,7-8,10H,2,4,6H2,1,3H3. The molecule has 0 saturated heterocycles. The summed E-state index contributed by atoms with van der Waals surface area (Å²) >= 11 is 0. The second-order valence-electron chi connectivity index (χ2n) is 2.49. The van der Waals surface area contributed by atoms with Gasteiger partial charge in [-0.25, -0.2) is 0 Å². The molecule has 0 bridgehead atoms. The molecule has 1 atom stereocenters. The lowest BCUT2D eigenvalue weighted by molar-refractivity contribution is 0.193. The Morgan fingerprint density at radius 3 is 2.73 bits per heavy atom. The predicted octanol–water partition coefficient (Wildman–Crippen LogP) is 2.21. The van der Waals surface area contributed by atoms with E-state index < -0.39 is 0 Å². The van der Waals surface area contributed by atoms with Crippen LogP contribution in [0.3, 0.4) is 0 Å². The van der Waals surface area contributed by atoms with Gasteiger partial charge in [-0.05, 0) is 25.3 Å². The van der Waals surface area contributed by atoms with Crippen LogP contribution in [0.25, 0.3) is 0 Å². The molecule has 0 heterocycles. The van der Waals surface area contributed by atoms with E-state index in [-0.39, 0.29) is 6.10 Å². The van der Waals surface area contributed by atoms with Gasteiger partial charge in [0.1, 0.15) is 0 Å². The molecule has 1 N–H and O–H groups in total. The maximum Gasteiger partial charge on any atom is 0.0893 e. The van der Waals surface area contributed by atoms with Gasteiger partial charge < -0.3 is 9.84 Å². The van der Waals surface area contributed by atoms with E-state index in [1.807, 2.05) is 6.92 Å². The average Bonchev–Trinajstić information content (AvgIpc) is 1.97. The highest BCUT2D eigenvalue weighted by Crippen LogP contribution is 2.09. The van der Waals surface area contributed by atoms with Crippen molar-refractivity contribution >= 4 is 0 Å². The summed E-state index contributed by atoms with van der Waals surface area (Å²) in [6.45, 7) is 7.21. The van der Waals surface area contributed by atoms with Crippen LogP contribution in [0.1, 0.15) is 26.7 Å². The molecule has 2 nitrogen and oxygen atoms in total. The van der Waals surface area contributed by atoms with E-state index in [1.165, 1.54) is 6.26 Å². The van der Waals surface area contributed by atoms with Gasteiger partial charge in [-0.2, -0.15) is 0 Å². The molecule has 0 fully saturated rings. The minimum Gasteiger partial charge on any atom is -0.473 e. The largest absolute Gasteiger partial charge is 0.473 e.